The summed E-state index contributed by atoms with van der Waals surface area (Å²) in [7, 11) is 3.08. The molecule has 1 aromatic rings. The first kappa shape index (κ1) is 17.5. The van der Waals surface area contributed by atoms with Crippen molar-refractivity contribution in [3.63, 3.8) is 0 Å². The van der Waals surface area contributed by atoms with Gasteiger partial charge in [0.2, 0.25) is 0 Å². The second-order valence-electron chi connectivity index (χ2n) is 4.81. The summed E-state index contributed by atoms with van der Waals surface area (Å²) >= 11 is 1.52. The summed E-state index contributed by atoms with van der Waals surface area (Å²) in [5.74, 6) is 1.67. The Hall–Kier alpha value is -1.60. The van der Waals surface area contributed by atoms with Crippen LogP contribution in [0.3, 0.4) is 0 Å². The van der Waals surface area contributed by atoms with E-state index < -0.39 is 5.60 Å². The Morgan fingerprint density at radius 1 is 1.33 bits per heavy atom. The van der Waals surface area contributed by atoms with E-state index >= 15 is 0 Å². The summed E-state index contributed by atoms with van der Waals surface area (Å²) in [5, 5.41) is 15.3. The summed E-state index contributed by atoms with van der Waals surface area (Å²) in [6.07, 6.45) is 1.90. The fourth-order valence-corrected chi connectivity index (χ4v) is 2.45. The second kappa shape index (κ2) is 7.99. The highest BCUT2D eigenvalue weighted by molar-refractivity contribution is 7.98. The Morgan fingerprint density at radius 3 is 2.57 bits per heavy atom. The molecule has 0 heterocycles. The molecule has 0 aliphatic rings. The molecule has 1 aromatic carbocycles. The predicted molar refractivity (Wildman–Crippen MR) is 85.6 cm³/mol. The minimum absolute atomic E-state index is 0.174. The third-order valence-electron chi connectivity index (χ3n) is 2.73. The zero-order valence-corrected chi connectivity index (χ0v) is 13.5. The highest BCUT2D eigenvalue weighted by Crippen LogP contribution is 2.29. The molecule has 0 saturated carbocycles. The number of carbonyl (C=O) groups excluding carboxylic acids is 1. The van der Waals surface area contributed by atoms with Gasteiger partial charge in [-0.1, -0.05) is 0 Å². The van der Waals surface area contributed by atoms with E-state index in [9.17, 15) is 9.90 Å². The maximum atomic E-state index is 11.8. The average Bonchev–Trinajstić information content (AvgIpc) is 2.45. The molecular formula is C14H22N2O4S. The number of thioether (sulfide) groups is 1. The molecule has 0 bridgehead atoms. The van der Waals surface area contributed by atoms with Crippen LogP contribution in [0.15, 0.2) is 18.2 Å². The normalized spacial score (nSPS) is 13.2. The average molecular weight is 314 g/mol. The van der Waals surface area contributed by atoms with Crippen molar-refractivity contribution in [1.29, 1.82) is 0 Å². The van der Waals surface area contributed by atoms with Gasteiger partial charge >= 0.3 is 6.03 Å². The van der Waals surface area contributed by atoms with Crippen molar-refractivity contribution in [2.24, 2.45) is 0 Å². The number of amides is 2. The number of hydrogen-bond donors (Lipinski definition) is 3. The minimum atomic E-state index is -0.936. The van der Waals surface area contributed by atoms with E-state index in [0.29, 0.717) is 22.9 Å². The molecule has 1 rings (SSSR count). The van der Waals surface area contributed by atoms with Crippen molar-refractivity contribution in [2.45, 2.75) is 12.5 Å². The molecule has 0 saturated heterocycles. The largest absolute Gasteiger partial charge is 0.493 e. The van der Waals surface area contributed by atoms with Crippen LogP contribution in [0.4, 0.5) is 10.5 Å². The zero-order valence-electron chi connectivity index (χ0n) is 12.7. The highest BCUT2D eigenvalue weighted by atomic mass is 32.2. The number of hydrogen-bond acceptors (Lipinski definition) is 5. The number of methoxy groups -OCH3 is 2. The van der Waals surface area contributed by atoms with Gasteiger partial charge in [0.15, 0.2) is 11.5 Å². The molecule has 0 aliphatic carbocycles. The van der Waals surface area contributed by atoms with Crippen LogP contribution in [0.1, 0.15) is 6.92 Å². The van der Waals surface area contributed by atoms with Crippen molar-refractivity contribution in [1.82, 2.24) is 5.32 Å². The Bertz CT molecular complexity index is 480. The fraction of sp³-hybridized carbons (Fsp3) is 0.500. The van der Waals surface area contributed by atoms with Crippen molar-refractivity contribution in [3.8, 4) is 11.5 Å². The molecule has 0 aromatic heterocycles. The first-order valence-corrected chi connectivity index (χ1v) is 7.79. The molecule has 0 spiro atoms. The molecule has 7 heteroatoms. The Labute approximate surface area is 129 Å². The summed E-state index contributed by atoms with van der Waals surface area (Å²) in [4.78, 5) is 11.8. The molecule has 6 nitrogen and oxygen atoms in total. The molecule has 21 heavy (non-hydrogen) atoms. The summed E-state index contributed by atoms with van der Waals surface area (Å²) in [6, 6.07) is 4.70. The first-order valence-electron chi connectivity index (χ1n) is 6.40. The standard InChI is InChI=1S/C14H22N2O4S/c1-14(18,9-21-4)8-15-13(17)16-10-5-6-11(19-2)12(7-10)20-3/h5-7,18H,8-9H2,1-4H3,(H2,15,16,17). The molecule has 1 unspecified atom stereocenters. The van der Waals surface area contributed by atoms with Gasteiger partial charge in [0.25, 0.3) is 0 Å². The highest BCUT2D eigenvalue weighted by Gasteiger charge is 2.20. The van der Waals surface area contributed by atoms with Crippen LogP contribution >= 0.6 is 11.8 Å². The molecule has 3 N–H and O–H groups in total. The quantitative estimate of drug-likeness (QED) is 0.717. The van der Waals surface area contributed by atoms with Crippen LogP contribution in [0.2, 0.25) is 0 Å². The van der Waals surface area contributed by atoms with Gasteiger partial charge < -0.3 is 25.2 Å². The summed E-state index contributed by atoms with van der Waals surface area (Å²) in [5.41, 5.74) is -0.358. The van der Waals surface area contributed by atoms with Gasteiger partial charge in [-0.25, -0.2) is 4.79 Å². The van der Waals surface area contributed by atoms with Gasteiger partial charge in [-0.05, 0) is 25.3 Å². The lowest BCUT2D eigenvalue weighted by Gasteiger charge is -2.22. The molecule has 0 radical (unpaired) electrons. The lowest BCUT2D eigenvalue weighted by Crippen LogP contribution is -2.43. The van der Waals surface area contributed by atoms with Crippen LogP contribution in [0.5, 0.6) is 11.5 Å². The predicted octanol–water partition coefficient (Wildman–Crippen LogP) is 1.94. The molecule has 0 aliphatic heterocycles. The smallest absolute Gasteiger partial charge is 0.319 e. The van der Waals surface area contributed by atoms with Gasteiger partial charge in [0, 0.05) is 24.1 Å². The maximum absolute atomic E-state index is 11.8. The third kappa shape index (κ3) is 5.73. The number of benzene rings is 1. The second-order valence-corrected chi connectivity index (χ2v) is 5.67. The van der Waals surface area contributed by atoms with Crippen LogP contribution in [0, 0.1) is 0 Å². The van der Waals surface area contributed by atoms with Crippen molar-refractivity contribution < 1.29 is 19.4 Å². The van der Waals surface area contributed by atoms with Crippen LogP contribution < -0.4 is 20.1 Å². The lowest BCUT2D eigenvalue weighted by molar-refractivity contribution is 0.0876. The Balaban J connectivity index is 2.59. The van der Waals surface area contributed by atoms with E-state index in [1.807, 2.05) is 6.26 Å². The van der Waals surface area contributed by atoms with Crippen LogP contribution in [0.25, 0.3) is 0 Å². The fourth-order valence-electron chi connectivity index (χ4n) is 1.72. The topological polar surface area (TPSA) is 79.8 Å². The third-order valence-corrected chi connectivity index (χ3v) is 3.64. The zero-order chi connectivity index (χ0) is 15.9. The Kier molecular flexibility index (Phi) is 6.64. The SMILES string of the molecule is COc1ccc(NC(=O)NCC(C)(O)CSC)cc1OC. The molecule has 118 valence electrons. The number of rotatable bonds is 7. The van der Waals surface area contributed by atoms with E-state index in [0.717, 1.165) is 0 Å². The number of carbonyl (C=O) groups is 1. The summed E-state index contributed by atoms with van der Waals surface area (Å²) < 4.78 is 10.3. The van der Waals surface area contributed by atoms with Crippen LogP contribution in [-0.4, -0.2) is 49.5 Å². The number of nitrogens with one attached hydrogen (secondary N) is 2. The van der Waals surface area contributed by atoms with Gasteiger partial charge in [0.1, 0.15) is 0 Å². The van der Waals surface area contributed by atoms with E-state index in [1.54, 1.807) is 32.2 Å². The van der Waals surface area contributed by atoms with Gasteiger partial charge in [0.05, 0.1) is 19.8 Å². The maximum Gasteiger partial charge on any atom is 0.319 e. The van der Waals surface area contributed by atoms with Crippen molar-refractivity contribution in [2.75, 3.05) is 38.1 Å². The van der Waals surface area contributed by atoms with Gasteiger partial charge in [-0.2, -0.15) is 11.8 Å². The van der Waals surface area contributed by atoms with Gasteiger partial charge in [-0.15, -0.1) is 0 Å². The summed E-state index contributed by atoms with van der Waals surface area (Å²) in [6.45, 7) is 1.85. The number of anilines is 1. The number of ether oxygens (including phenoxy) is 2. The molecular weight excluding hydrogens is 292 g/mol. The minimum Gasteiger partial charge on any atom is -0.493 e. The monoisotopic (exact) mass is 314 g/mol. The van der Waals surface area contributed by atoms with E-state index in [4.69, 9.17) is 9.47 Å². The van der Waals surface area contributed by atoms with Crippen LogP contribution in [-0.2, 0) is 0 Å². The van der Waals surface area contributed by atoms with E-state index in [-0.39, 0.29) is 12.6 Å². The van der Waals surface area contributed by atoms with E-state index in [1.165, 1.54) is 18.9 Å². The molecule has 0 fully saturated rings. The van der Waals surface area contributed by atoms with E-state index in [2.05, 4.69) is 10.6 Å². The first-order chi connectivity index (χ1) is 9.91. The van der Waals surface area contributed by atoms with Crippen molar-refractivity contribution in [3.05, 3.63) is 18.2 Å². The number of aliphatic hydroxyl groups is 1. The molecule has 2 amide bonds. The van der Waals surface area contributed by atoms with Crippen molar-refractivity contribution >= 4 is 23.5 Å². The molecule has 1 atom stereocenters. The Morgan fingerprint density at radius 2 is 2.00 bits per heavy atom. The lowest BCUT2D eigenvalue weighted by atomic mass is 10.1. The van der Waals surface area contributed by atoms with Gasteiger partial charge in [-0.3, -0.25) is 0 Å². The number of urea groups is 1.